The number of benzene rings is 3. The summed E-state index contributed by atoms with van der Waals surface area (Å²) in [6.45, 7) is 0.216. The largest absolute Gasteiger partial charge is 1.00 e. The zero-order valence-electron chi connectivity index (χ0n) is 16.9. The molecule has 0 N–H and O–H groups in total. The van der Waals surface area contributed by atoms with Crippen molar-refractivity contribution < 1.29 is 53.1 Å². The molecule has 158 valence electrons. The third-order valence-corrected chi connectivity index (χ3v) is 5.32. The van der Waals surface area contributed by atoms with Crippen molar-refractivity contribution >= 4 is 32.4 Å². The molecule has 0 bridgehead atoms. The summed E-state index contributed by atoms with van der Waals surface area (Å²) in [5.41, 5.74) is 1.07. The zero-order valence-corrected chi connectivity index (χ0v) is 18.4. The molecule has 8 heteroatoms. The number of hydrogen-bond donors (Lipinski definition) is 0. The lowest BCUT2D eigenvalue weighted by atomic mass is 9.99. The fourth-order valence-corrected chi connectivity index (χ4v) is 4.08. The van der Waals surface area contributed by atoms with Crippen LogP contribution in [-0.2, 0) is 7.05 Å². The van der Waals surface area contributed by atoms with E-state index >= 15 is 0 Å². The molecule has 0 spiro atoms. The van der Waals surface area contributed by atoms with E-state index in [4.69, 9.17) is 23.7 Å². The Kier molecular flexibility index (Phi) is 5.92. The van der Waals surface area contributed by atoms with E-state index in [-0.39, 0.29) is 31.6 Å². The Bertz CT molecular complexity index is 1280. The van der Waals surface area contributed by atoms with E-state index in [1.165, 1.54) is 0 Å². The number of hydrogen-bond acceptors (Lipinski definition) is 5. The number of methoxy groups -OCH3 is 3. The van der Waals surface area contributed by atoms with Gasteiger partial charge in [-0.1, -0.05) is 6.07 Å². The SMILES string of the molecule is COc1cc2ccc3c4c(OC)cc5c(c4c[n+](C)c3c2cc1OC)OCO5.[Cl-].[Cl-]. The smallest absolute Gasteiger partial charge is 0.231 e. The van der Waals surface area contributed by atoms with Crippen molar-refractivity contribution in [3.05, 3.63) is 36.5 Å². The van der Waals surface area contributed by atoms with Crippen LogP contribution in [0.25, 0.3) is 32.4 Å². The van der Waals surface area contributed by atoms with Crippen LogP contribution >= 0.6 is 0 Å². The minimum atomic E-state index is 0. The van der Waals surface area contributed by atoms with Gasteiger partial charge < -0.3 is 48.5 Å². The first-order valence-corrected chi connectivity index (χ1v) is 8.93. The maximum absolute atomic E-state index is 5.74. The van der Waals surface area contributed by atoms with E-state index < -0.39 is 0 Å². The van der Waals surface area contributed by atoms with E-state index in [2.05, 4.69) is 22.9 Å². The van der Waals surface area contributed by atoms with Crippen molar-refractivity contribution in [2.24, 2.45) is 7.05 Å². The lowest BCUT2D eigenvalue weighted by Crippen LogP contribution is -3.00. The number of pyridine rings is 1. The topological polar surface area (TPSA) is 50.0 Å². The number of halogens is 2. The van der Waals surface area contributed by atoms with Crippen molar-refractivity contribution in [1.82, 2.24) is 0 Å². The Hall–Kier alpha value is -2.83. The molecule has 0 saturated carbocycles. The number of aromatic nitrogens is 1. The molecule has 30 heavy (non-hydrogen) atoms. The Morgan fingerprint density at radius 2 is 1.50 bits per heavy atom. The molecule has 0 fully saturated rings. The Morgan fingerprint density at radius 3 is 2.20 bits per heavy atom. The number of ether oxygens (including phenoxy) is 5. The average molecular weight is 449 g/mol. The number of rotatable bonds is 3. The normalized spacial score (nSPS) is 11.9. The van der Waals surface area contributed by atoms with Crippen LogP contribution in [0.2, 0.25) is 0 Å². The van der Waals surface area contributed by atoms with Crippen LogP contribution in [0, 0.1) is 0 Å². The molecule has 4 aromatic rings. The highest BCUT2D eigenvalue weighted by molar-refractivity contribution is 6.17. The number of nitrogens with zero attached hydrogens (tertiary/aromatic N) is 1. The van der Waals surface area contributed by atoms with Crippen molar-refractivity contribution in [2.75, 3.05) is 28.1 Å². The van der Waals surface area contributed by atoms with Gasteiger partial charge in [-0.25, -0.2) is 0 Å². The highest BCUT2D eigenvalue weighted by Gasteiger charge is 2.26. The molecule has 0 unspecified atom stereocenters. The van der Waals surface area contributed by atoms with E-state index in [9.17, 15) is 0 Å². The van der Waals surface area contributed by atoms with Gasteiger partial charge in [0.15, 0.2) is 29.2 Å². The van der Waals surface area contributed by atoms with Gasteiger partial charge in [-0.15, -0.1) is 0 Å². The second-order valence-corrected chi connectivity index (χ2v) is 6.73. The predicted molar refractivity (Wildman–Crippen MR) is 106 cm³/mol. The minimum absolute atomic E-state index is 0. The van der Waals surface area contributed by atoms with E-state index in [0.717, 1.165) is 43.9 Å². The second kappa shape index (κ2) is 8.13. The van der Waals surface area contributed by atoms with Crippen LogP contribution in [0.1, 0.15) is 0 Å². The van der Waals surface area contributed by atoms with Crippen molar-refractivity contribution in [1.29, 1.82) is 0 Å². The van der Waals surface area contributed by atoms with Crippen LogP contribution in [0.4, 0.5) is 0 Å². The molecule has 0 amide bonds. The van der Waals surface area contributed by atoms with Gasteiger partial charge in [0.05, 0.1) is 37.5 Å². The molecule has 6 nitrogen and oxygen atoms in total. The van der Waals surface area contributed by atoms with Gasteiger partial charge in [0.1, 0.15) is 12.8 Å². The van der Waals surface area contributed by atoms with Crippen LogP contribution in [0.5, 0.6) is 28.7 Å². The lowest BCUT2D eigenvalue weighted by Gasteiger charge is -2.13. The highest BCUT2D eigenvalue weighted by atomic mass is 35.5. The van der Waals surface area contributed by atoms with Crippen molar-refractivity contribution in [3.63, 3.8) is 0 Å². The molecule has 1 aliphatic heterocycles. The van der Waals surface area contributed by atoms with Gasteiger partial charge >= 0.3 is 0 Å². The summed E-state index contributed by atoms with van der Waals surface area (Å²) in [6.07, 6.45) is 2.06. The first kappa shape index (κ1) is 21.9. The van der Waals surface area contributed by atoms with Gasteiger partial charge in [-0.2, -0.15) is 4.57 Å². The third-order valence-electron chi connectivity index (χ3n) is 5.32. The van der Waals surface area contributed by atoms with Crippen LogP contribution in [0.15, 0.2) is 36.5 Å². The quantitative estimate of drug-likeness (QED) is 0.261. The van der Waals surface area contributed by atoms with Crippen LogP contribution in [0.3, 0.4) is 0 Å². The van der Waals surface area contributed by atoms with Crippen LogP contribution < -0.4 is 53.1 Å². The molecule has 2 heterocycles. The molecular formula is C22H20Cl2NO5-. The molecule has 0 atom stereocenters. The average Bonchev–Trinajstić information content (AvgIpc) is 3.20. The summed E-state index contributed by atoms with van der Waals surface area (Å²) < 4.78 is 30.1. The standard InChI is InChI=1S/C22H20NO5.2ClH/c1-23-10-15-20(18(26-4)9-19-22(15)28-11-27-19)13-6-5-12-7-16(24-2)17(25-3)8-14(12)21(13)23;;/h5-10H,11H2,1-4H3;2*1H/q+1;;/p-2. The van der Waals surface area contributed by atoms with Crippen LogP contribution in [-0.4, -0.2) is 28.1 Å². The number of fused-ring (bicyclic) bond motifs is 7. The lowest BCUT2D eigenvalue weighted by molar-refractivity contribution is -0.642. The van der Waals surface area contributed by atoms with Crippen molar-refractivity contribution in [3.8, 4) is 28.7 Å². The summed E-state index contributed by atoms with van der Waals surface area (Å²) >= 11 is 0. The summed E-state index contributed by atoms with van der Waals surface area (Å²) in [4.78, 5) is 0. The van der Waals surface area contributed by atoms with Gasteiger partial charge in [-0.3, -0.25) is 0 Å². The fourth-order valence-electron chi connectivity index (χ4n) is 4.08. The monoisotopic (exact) mass is 448 g/mol. The first-order valence-electron chi connectivity index (χ1n) is 8.93. The molecule has 0 radical (unpaired) electrons. The summed E-state index contributed by atoms with van der Waals surface area (Å²) in [6, 6.07) is 10.1. The molecule has 0 saturated heterocycles. The van der Waals surface area contributed by atoms with E-state index in [0.29, 0.717) is 17.2 Å². The Labute approximate surface area is 186 Å². The fraction of sp³-hybridized carbons (Fsp3) is 0.227. The van der Waals surface area contributed by atoms with Gasteiger partial charge in [-0.05, 0) is 23.6 Å². The molecular weight excluding hydrogens is 429 g/mol. The van der Waals surface area contributed by atoms with Gasteiger partial charge in [0.2, 0.25) is 12.3 Å². The Morgan fingerprint density at radius 1 is 0.800 bits per heavy atom. The molecule has 1 aliphatic rings. The van der Waals surface area contributed by atoms with Gasteiger partial charge in [0, 0.05) is 11.5 Å². The molecule has 1 aromatic heterocycles. The summed E-state index contributed by atoms with van der Waals surface area (Å²) in [5, 5.41) is 5.16. The van der Waals surface area contributed by atoms with E-state index in [1.54, 1.807) is 21.3 Å². The maximum atomic E-state index is 5.74. The Balaban J connectivity index is 0.00000128. The number of aryl methyl sites for hydroxylation is 1. The summed E-state index contributed by atoms with van der Waals surface area (Å²) in [5.74, 6) is 3.61. The summed E-state index contributed by atoms with van der Waals surface area (Å²) in [7, 11) is 6.99. The zero-order chi connectivity index (χ0) is 19.4. The third kappa shape index (κ3) is 2.99. The predicted octanol–water partition coefficient (Wildman–Crippen LogP) is -2.27. The molecule has 0 aliphatic carbocycles. The molecule has 3 aromatic carbocycles. The maximum Gasteiger partial charge on any atom is 0.231 e. The second-order valence-electron chi connectivity index (χ2n) is 6.73. The van der Waals surface area contributed by atoms with Crippen molar-refractivity contribution in [2.45, 2.75) is 0 Å². The minimum Gasteiger partial charge on any atom is -1.00 e. The molecule has 5 rings (SSSR count). The van der Waals surface area contributed by atoms with E-state index in [1.807, 2.05) is 25.2 Å². The first-order chi connectivity index (χ1) is 13.7. The van der Waals surface area contributed by atoms with Gasteiger partial charge in [0.25, 0.3) is 0 Å². The highest BCUT2D eigenvalue weighted by Crippen LogP contribution is 2.46.